The summed E-state index contributed by atoms with van der Waals surface area (Å²) >= 11 is -2.00. The summed E-state index contributed by atoms with van der Waals surface area (Å²) in [6.45, 7) is 0. The van der Waals surface area contributed by atoms with Crippen LogP contribution in [-0.2, 0) is 36.1 Å². The fraction of sp³-hybridized carbons (Fsp3) is 1.00. The van der Waals surface area contributed by atoms with E-state index in [0.29, 0.717) is 0 Å². The lowest BCUT2D eigenvalue weighted by molar-refractivity contribution is -0.0504. The van der Waals surface area contributed by atoms with Crippen molar-refractivity contribution in [2.45, 2.75) is 11.0 Å². The number of sulfonamides is 2. The van der Waals surface area contributed by atoms with Gasteiger partial charge < -0.3 is 0 Å². The fourth-order valence-electron chi connectivity index (χ4n) is 0.378. The second kappa shape index (κ2) is 4.29. The minimum absolute atomic E-state index is 2.00. The van der Waals surface area contributed by atoms with E-state index in [2.05, 4.69) is 0 Å². The molecule has 15 heteroatoms. The van der Waals surface area contributed by atoms with Crippen LogP contribution in [0.3, 0.4) is 0 Å². The molecule has 6 nitrogen and oxygen atoms in total. The Morgan fingerprint density at radius 1 is 0.765 bits per heavy atom. The van der Waals surface area contributed by atoms with Crippen molar-refractivity contribution in [1.29, 1.82) is 0 Å². The van der Waals surface area contributed by atoms with Gasteiger partial charge in [0, 0.05) is 0 Å². The summed E-state index contributed by atoms with van der Waals surface area (Å²) < 4.78 is 120. The molecule has 0 atom stereocenters. The first-order valence-corrected chi connectivity index (χ1v) is 6.50. The van der Waals surface area contributed by atoms with Crippen LogP contribution in [0.5, 0.6) is 0 Å². The Morgan fingerprint density at radius 2 is 1.00 bits per heavy atom. The highest BCUT2D eigenvalue weighted by molar-refractivity contribution is 8.12. The fourth-order valence-corrected chi connectivity index (χ4v) is 3.40. The highest BCUT2D eigenvalue weighted by Crippen LogP contribution is 2.34. The third-order valence-corrected chi connectivity index (χ3v) is 5.84. The molecular formula is C2F6NO5S3+. The van der Waals surface area contributed by atoms with Gasteiger partial charge in [0.1, 0.15) is 0 Å². The van der Waals surface area contributed by atoms with E-state index in [-0.39, 0.29) is 0 Å². The summed E-state index contributed by atoms with van der Waals surface area (Å²) in [5.41, 5.74) is -12.7. The van der Waals surface area contributed by atoms with E-state index in [0.717, 1.165) is 0 Å². The molecule has 0 heterocycles. The molecule has 0 N–H and O–H groups in total. The zero-order valence-electron chi connectivity index (χ0n) is 6.98. The lowest BCUT2D eigenvalue weighted by atomic mass is 11.6. The van der Waals surface area contributed by atoms with Crippen LogP contribution in [0.2, 0.25) is 0 Å². The van der Waals surface area contributed by atoms with E-state index in [1.165, 1.54) is 0 Å². The highest BCUT2D eigenvalue weighted by atomic mass is 32.3. The van der Waals surface area contributed by atoms with Crippen molar-refractivity contribution in [1.82, 2.24) is 3.12 Å². The molecule has 0 aliphatic heterocycles. The number of hydrogen-bond donors (Lipinski definition) is 0. The molecule has 0 aromatic rings. The maximum Gasteiger partial charge on any atom is 0.624 e. The Morgan fingerprint density at radius 3 is 1.12 bits per heavy atom. The van der Waals surface area contributed by atoms with Crippen LogP contribution in [-0.4, -0.2) is 31.0 Å². The van der Waals surface area contributed by atoms with Crippen LogP contribution >= 0.6 is 0 Å². The number of nitrogens with zero attached hydrogens (tertiary/aromatic N) is 1. The quantitative estimate of drug-likeness (QED) is 0.423. The molecule has 0 aromatic carbocycles. The van der Waals surface area contributed by atoms with E-state index in [1.54, 1.807) is 0 Å². The number of hydrogen-bond acceptors (Lipinski definition) is 5. The molecule has 0 spiro atoms. The molecular weight excluding hydrogens is 328 g/mol. The monoisotopic (exact) mass is 328 g/mol. The van der Waals surface area contributed by atoms with Gasteiger partial charge in [-0.1, -0.05) is 0 Å². The molecule has 0 unspecified atom stereocenters. The summed E-state index contributed by atoms with van der Waals surface area (Å²) in [6.07, 6.45) is 0. The van der Waals surface area contributed by atoms with E-state index >= 15 is 0 Å². The standard InChI is InChI=1S/C2F6NO5S3/c3-1(4,5)16(11,12)9(15-10)17(13,14)2(6,7)8/q+1. The Kier molecular flexibility index (Phi) is 4.15. The molecule has 102 valence electrons. The third-order valence-electron chi connectivity index (χ3n) is 1.04. The average Bonchev–Trinajstić information content (AvgIpc) is 1.99. The van der Waals surface area contributed by atoms with Crippen LogP contribution in [0.4, 0.5) is 26.3 Å². The second-order valence-corrected chi connectivity index (χ2v) is 6.90. The van der Waals surface area contributed by atoms with E-state index in [1.807, 2.05) is 0 Å². The first kappa shape index (κ1) is 16.5. The zero-order chi connectivity index (χ0) is 14.3. The first-order chi connectivity index (χ1) is 7.19. The van der Waals surface area contributed by atoms with Crippen LogP contribution < -0.4 is 0 Å². The summed E-state index contributed by atoms with van der Waals surface area (Å²) in [7, 11) is -13.9. The lowest BCUT2D eigenvalue weighted by Crippen LogP contribution is -2.46. The van der Waals surface area contributed by atoms with Crippen molar-refractivity contribution < 1.29 is 47.4 Å². The molecule has 0 saturated carbocycles. The van der Waals surface area contributed by atoms with Gasteiger partial charge in [0.05, 0.1) is 4.21 Å². The Balaban J connectivity index is 5.99. The van der Waals surface area contributed by atoms with Crippen LogP contribution in [0.15, 0.2) is 0 Å². The largest absolute Gasteiger partial charge is 0.624 e. The summed E-state index contributed by atoms with van der Waals surface area (Å²) in [6, 6.07) is 0. The van der Waals surface area contributed by atoms with Gasteiger partial charge in [-0.25, -0.2) is 0 Å². The van der Waals surface area contributed by atoms with Crippen molar-refractivity contribution in [2.24, 2.45) is 0 Å². The second-order valence-electron chi connectivity index (χ2n) is 2.14. The molecule has 0 aliphatic carbocycles. The maximum absolute atomic E-state index is 11.8. The molecule has 0 aromatic heterocycles. The van der Waals surface area contributed by atoms with Crippen molar-refractivity contribution >= 4 is 31.9 Å². The minimum atomic E-state index is -6.95. The summed E-state index contributed by atoms with van der Waals surface area (Å²) in [5, 5.41) is 0. The number of halogens is 6. The summed E-state index contributed by atoms with van der Waals surface area (Å²) in [4.78, 5) is 0. The van der Waals surface area contributed by atoms with Gasteiger partial charge in [0.15, 0.2) is 0 Å². The van der Waals surface area contributed by atoms with Gasteiger partial charge in [0.2, 0.25) is 3.12 Å². The van der Waals surface area contributed by atoms with Crippen molar-refractivity contribution in [3.63, 3.8) is 0 Å². The van der Waals surface area contributed by atoms with E-state index in [4.69, 9.17) is 0 Å². The van der Waals surface area contributed by atoms with E-state index < -0.39 is 46.0 Å². The van der Waals surface area contributed by atoms with Gasteiger partial charge in [-0.2, -0.15) is 43.2 Å². The van der Waals surface area contributed by atoms with Crippen LogP contribution in [0.25, 0.3) is 0 Å². The Bertz CT molecular complexity index is 455. The topological polar surface area (TPSA) is 88.6 Å². The van der Waals surface area contributed by atoms with Gasteiger partial charge in [0.25, 0.3) is 0 Å². The lowest BCUT2D eigenvalue weighted by Gasteiger charge is -2.10. The predicted molar refractivity (Wildman–Crippen MR) is 39.8 cm³/mol. The molecule has 0 amide bonds. The number of rotatable bonds is 3. The van der Waals surface area contributed by atoms with Gasteiger partial charge >= 0.3 is 42.9 Å². The molecule has 0 radical (unpaired) electrons. The van der Waals surface area contributed by atoms with Gasteiger partial charge in [-0.15, -0.1) is 0 Å². The van der Waals surface area contributed by atoms with Crippen molar-refractivity contribution in [3.8, 4) is 0 Å². The minimum Gasteiger partial charge on any atom is -0.197 e. The third kappa shape index (κ3) is 2.83. The van der Waals surface area contributed by atoms with Gasteiger partial charge in [-0.05, 0) is 0 Å². The predicted octanol–water partition coefficient (Wildman–Crippen LogP) is 0.331. The average molecular weight is 328 g/mol. The molecule has 0 fully saturated rings. The SMILES string of the molecule is O=[S+]N(S(=O)(=O)C(F)(F)F)S(=O)(=O)C(F)(F)F. The van der Waals surface area contributed by atoms with Crippen LogP contribution in [0.1, 0.15) is 0 Å². The molecule has 0 bridgehead atoms. The Hall–Kier alpha value is -0.540. The Labute approximate surface area is 93.9 Å². The van der Waals surface area contributed by atoms with Crippen LogP contribution in [0, 0.1) is 0 Å². The van der Waals surface area contributed by atoms with E-state index in [9.17, 15) is 47.4 Å². The molecule has 0 saturated heterocycles. The maximum atomic E-state index is 11.8. The summed E-state index contributed by atoms with van der Waals surface area (Å²) in [5.74, 6) is 0. The normalized spacial score (nSPS) is 15.0. The smallest absolute Gasteiger partial charge is 0.197 e. The zero-order valence-corrected chi connectivity index (χ0v) is 9.43. The van der Waals surface area contributed by atoms with Crippen molar-refractivity contribution in [3.05, 3.63) is 0 Å². The molecule has 0 aliphatic rings. The van der Waals surface area contributed by atoms with Gasteiger partial charge in [-0.3, -0.25) is 0 Å². The highest BCUT2D eigenvalue weighted by Gasteiger charge is 2.69. The molecule has 0 rings (SSSR count). The molecule has 17 heavy (non-hydrogen) atoms. The number of alkyl halides is 6. The first-order valence-electron chi connectivity index (χ1n) is 2.92. The van der Waals surface area contributed by atoms with Crippen molar-refractivity contribution in [2.75, 3.05) is 0 Å².